The number of carbonyl (C=O) groups is 2. The number of anilines is 1. The van der Waals surface area contributed by atoms with E-state index in [9.17, 15) is 19.2 Å². The molecule has 2 aliphatic rings. The van der Waals surface area contributed by atoms with E-state index < -0.39 is 11.2 Å². The maximum Gasteiger partial charge on any atom is 0.332 e. The zero-order valence-electron chi connectivity index (χ0n) is 24.9. The molecule has 0 unspecified atom stereocenters. The SMILES string of the molecule is CCCn1c(N2CCC[C@@H](N3C(=O)c4ccccc4C3=O)C2)nc2c1c(=O)n(Cc1nc(C)c3ccccc3n1)c(=O)n2C. The number of aromatic nitrogens is 6. The average Bonchev–Trinajstić information content (AvgIpc) is 3.53. The van der Waals surface area contributed by atoms with Crippen LogP contribution in [0.2, 0.25) is 0 Å². The van der Waals surface area contributed by atoms with Crippen molar-refractivity contribution in [1.82, 2.24) is 33.6 Å². The number of aryl methyl sites for hydroxylation is 3. The van der Waals surface area contributed by atoms with Gasteiger partial charge in [0.1, 0.15) is 5.82 Å². The number of carbonyl (C=O) groups excluding carboxylic acids is 2. The summed E-state index contributed by atoms with van der Waals surface area (Å²) in [5.74, 6) is 0.360. The molecule has 1 fully saturated rings. The van der Waals surface area contributed by atoms with Gasteiger partial charge in [0.2, 0.25) is 5.95 Å². The molecule has 12 heteroatoms. The van der Waals surface area contributed by atoms with E-state index in [2.05, 4.69) is 9.97 Å². The van der Waals surface area contributed by atoms with Gasteiger partial charge in [0.05, 0.1) is 29.2 Å². The number of imide groups is 1. The van der Waals surface area contributed by atoms with E-state index in [4.69, 9.17) is 4.98 Å². The van der Waals surface area contributed by atoms with Gasteiger partial charge in [-0.15, -0.1) is 0 Å². The van der Waals surface area contributed by atoms with E-state index in [1.807, 2.05) is 47.6 Å². The fourth-order valence-corrected chi connectivity index (χ4v) is 6.57. The monoisotopic (exact) mass is 592 g/mol. The lowest BCUT2D eigenvalue weighted by atomic mass is 10.0. The van der Waals surface area contributed by atoms with Gasteiger partial charge >= 0.3 is 5.69 Å². The van der Waals surface area contributed by atoms with Gasteiger partial charge in [0.15, 0.2) is 11.2 Å². The molecule has 2 aliphatic heterocycles. The molecule has 44 heavy (non-hydrogen) atoms. The third kappa shape index (κ3) is 4.23. The van der Waals surface area contributed by atoms with Crippen LogP contribution < -0.4 is 16.1 Å². The highest BCUT2D eigenvalue weighted by Crippen LogP contribution is 2.30. The van der Waals surface area contributed by atoms with E-state index >= 15 is 0 Å². The van der Waals surface area contributed by atoms with Crippen molar-refractivity contribution in [1.29, 1.82) is 0 Å². The fourth-order valence-electron chi connectivity index (χ4n) is 6.57. The first kappa shape index (κ1) is 27.7. The van der Waals surface area contributed by atoms with Gasteiger partial charge < -0.3 is 9.47 Å². The van der Waals surface area contributed by atoms with Gasteiger partial charge in [-0.25, -0.2) is 14.8 Å². The number of benzene rings is 2. The molecule has 1 atom stereocenters. The molecule has 12 nitrogen and oxygen atoms in total. The van der Waals surface area contributed by atoms with Crippen molar-refractivity contribution in [3.05, 3.63) is 92.0 Å². The van der Waals surface area contributed by atoms with Crippen LogP contribution in [0.1, 0.15) is 58.4 Å². The summed E-state index contributed by atoms with van der Waals surface area (Å²) >= 11 is 0. The standard InChI is InChI=1S/C32H32N8O4/c1-4-15-38-26-27(36(3)32(44)39(30(26)43)18-25-33-19(2)21-11-7-8-14-24(21)34-25)35-31(38)37-16-9-10-20(17-37)40-28(41)22-12-5-6-13-23(22)29(40)42/h5-8,11-14,20H,4,9-10,15-18H2,1-3H3/t20-/m1/s1. The van der Waals surface area contributed by atoms with E-state index in [0.717, 1.165) is 29.4 Å². The number of piperidine rings is 1. The topological polar surface area (TPSA) is 128 Å². The molecule has 0 N–H and O–H groups in total. The second kappa shape index (κ2) is 10.5. The summed E-state index contributed by atoms with van der Waals surface area (Å²) in [6.45, 7) is 5.34. The molecule has 0 radical (unpaired) electrons. The number of fused-ring (bicyclic) bond motifs is 3. The predicted molar refractivity (Wildman–Crippen MR) is 165 cm³/mol. The minimum atomic E-state index is -0.507. The van der Waals surface area contributed by atoms with Crippen LogP contribution in [-0.4, -0.2) is 64.5 Å². The van der Waals surface area contributed by atoms with Gasteiger partial charge in [0, 0.05) is 37.8 Å². The summed E-state index contributed by atoms with van der Waals surface area (Å²) in [7, 11) is 1.61. The Bertz CT molecular complexity index is 2070. The van der Waals surface area contributed by atoms with E-state index in [1.54, 1.807) is 31.3 Å². The lowest BCUT2D eigenvalue weighted by Gasteiger charge is -2.37. The summed E-state index contributed by atoms with van der Waals surface area (Å²) in [5, 5.41) is 0.915. The number of rotatable bonds is 6. The van der Waals surface area contributed by atoms with Crippen LogP contribution >= 0.6 is 0 Å². The molecule has 5 heterocycles. The molecule has 3 aromatic heterocycles. The van der Waals surface area contributed by atoms with Gasteiger partial charge in [0.25, 0.3) is 17.4 Å². The summed E-state index contributed by atoms with van der Waals surface area (Å²) < 4.78 is 4.43. The Balaban J connectivity index is 1.28. The molecule has 0 spiro atoms. The number of imidazole rings is 1. The van der Waals surface area contributed by atoms with E-state index in [-0.39, 0.29) is 30.0 Å². The Morgan fingerprint density at radius 1 is 0.886 bits per heavy atom. The fraction of sp³-hybridized carbons (Fsp3) is 0.344. The summed E-state index contributed by atoms with van der Waals surface area (Å²) in [6, 6.07) is 14.2. The number of hydrogen-bond donors (Lipinski definition) is 0. The molecule has 5 aromatic rings. The zero-order valence-corrected chi connectivity index (χ0v) is 24.9. The van der Waals surface area contributed by atoms with Crippen LogP contribution in [0, 0.1) is 6.92 Å². The highest BCUT2D eigenvalue weighted by atomic mass is 16.2. The van der Waals surface area contributed by atoms with Crippen molar-refractivity contribution < 1.29 is 9.59 Å². The normalized spacial score (nSPS) is 16.8. The largest absolute Gasteiger partial charge is 0.340 e. The minimum absolute atomic E-state index is 0.0781. The van der Waals surface area contributed by atoms with Gasteiger partial charge in [-0.05, 0) is 44.4 Å². The number of nitrogens with zero attached hydrogens (tertiary/aromatic N) is 8. The molecule has 7 rings (SSSR count). The highest BCUT2D eigenvalue weighted by Gasteiger charge is 2.41. The molecule has 2 aromatic carbocycles. The van der Waals surface area contributed by atoms with Crippen LogP contribution in [0.3, 0.4) is 0 Å². The van der Waals surface area contributed by atoms with Gasteiger partial charge in [-0.3, -0.25) is 28.4 Å². The Kier molecular flexibility index (Phi) is 6.64. The smallest absolute Gasteiger partial charge is 0.332 e. The van der Waals surface area contributed by atoms with Crippen LogP contribution in [0.4, 0.5) is 5.95 Å². The van der Waals surface area contributed by atoms with Crippen molar-refractivity contribution in [2.24, 2.45) is 7.05 Å². The van der Waals surface area contributed by atoms with Gasteiger partial charge in [-0.1, -0.05) is 37.3 Å². The van der Waals surface area contributed by atoms with Crippen molar-refractivity contribution in [3.63, 3.8) is 0 Å². The second-order valence-corrected chi connectivity index (χ2v) is 11.5. The molecule has 0 bridgehead atoms. The Morgan fingerprint density at radius 3 is 2.32 bits per heavy atom. The quantitative estimate of drug-likeness (QED) is 0.276. The molecule has 2 amide bonds. The highest BCUT2D eigenvalue weighted by molar-refractivity contribution is 6.21. The second-order valence-electron chi connectivity index (χ2n) is 11.5. The zero-order chi connectivity index (χ0) is 30.7. The average molecular weight is 593 g/mol. The molecule has 1 saturated heterocycles. The molecular formula is C32H32N8O4. The molecule has 0 aliphatic carbocycles. The third-order valence-electron chi connectivity index (χ3n) is 8.67. The number of para-hydroxylation sites is 1. The molecule has 0 saturated carbocycles. The first-order valence-corrected chi connectivity index (χ1v) is 14.9. The van der Waals surface area contributed by atoms with Crippen LogP contribution in [0.15, 0.2) is 58.1 Å². The van der Waals surface area contributed by atoms with Crippen LogP contribution in [0.5, 0.6) is 0 Å². The molecular weight excluding hydrogens is 560 g/mol. The summed E-state index contributed by atoms with van der Waals surface area (Å²) in [4.78, 5) is 71.5. The Hall–Kier alpha value is -5.13. The van der Waals surface area contributed by atoms with Crippen molar-refractivity contribution in [2.75, 3.05) is 18.0 Å². The number of hydrogen-bond acceptors (Lipinski definition) is 8. The van der Waals surface area contributed by atoms with Crippen molar-refractivity contribution >= 4 is 39.8 Å². The first-order chi connectivity index (χ1) is 21.3. The first-order valence-electron chi connectivity index (χ1n) is 14.9. The van der Waals surface area contributed by atoms with Crippen molar-refractivity contribution in [3.8, 4) is 0 Å². The summed E-state index contributed by atoms with van der Waals surface area (Å²) in [6.07, 6.45) is 2.13. The Labute approximate surface area is 252 Å². The Morgan fingerprint density at radius 2 is 1.59 bits per heavy atom. The van der Waals surface area contributed by atoms with E-state index in [1.165, 1.54) is 14.0 Å². The predicted octanol–water partition coefficient (Wildman–Crippen LogP) is 2.87. The van der Waals surface area contributed by atoms with E-state index in [0.29, 0.717) is 54.5 Å². The molecule has 224 valence electrons. The van der Waals surface area contributed by atoms with Crippen molar-refractivity contribution in [2.45, 2.75) is 52.2 Å². The lowest BCUT2D eigenvalue weighted by molar-refractivity contribution is 0.0569. The maximum atomic E-state index is 14.0. The third-order valence-corrected chi connectivity index (χ3v) is 8.67. The maximum absolute atomic E-state index is 14.0. The summed E-state index contributed by atoms with van der Waals surface area (Å²) in [5.41, 5.74) is 2.01. The number of amides is 2. The lowest BCUT2D eigenvalue weighted by Crippen LogP contribution is -2.50. The van der Waals surface area contributed by atoms with Crippen LogP contribution in [-0.2, 0) is 20.1 Å². The minimum Gasteiger partial charge on any atom is -0.340 e. The van der Waals surface area contributed by atoms with Crippen LogP contribution in [0.25, 0.3) is 22.1 Å². The van der Waals surface area contributed by atoms with Gasteiger partial charge in [-0.2, -0.15) is 4.98 Å².